The van der Waals surface area contributed by atoms with E-state index < -0.39 is 0 Å². The average Bonchev–Trinajstić information content (AvgIpc) is 2.47. The first-order valence-corrected chi connectivity index (χ1v) is 7.01. The Morgan fingerprint density at radius 2 is 2.26 bits per heavy atom. The van der Waals surface area contributed by atoms with E-state index in [2.05, 4.69) is 10.6 Å². The fourth-order valence-corrected chi connectivity index (χ4v) is 2.28. The Labute approximate surface area is 114 Å². The first-order chi connectivity index (χ1) is 9.31. The lowest BCUT2D eigenvalue weighted by molar-refractivity contribution is -0.118. The second-order valence-corrected chi connectivity index (χ2v) is 4.79. The summed E-state index contributed by atoms with van der Waals surface area (Å²) in [5.74, 6) is 0.0589. The van der Waals surface area contributed by atoms with E-state index in [-0.39, 0.29) is 11.9 Å². The van der Waals surface area contributed by atoms with Crippen LogP contribution in [0, 0.1) is 0 Å². The molecule has 4 nitrogen and oxygen atoms in total. The normalized spacial score (nSPS) is 19.1. The quantitative estimate of drug-likeness (QED) is 0.856. The van der Waals surface area contributed by atoms with E-state index in [0.717, 1.165) is 37.1 Å². The third-order valence-corrected chi connectivity index (χ3v) is 3.36. The highest BCUT2D eigenvalue weighted by Gasteiger charge is 2.20. The van der Waals surface area contributed by atoms with Crippen LogP contribution in [-0.4, -0.2) is 25.1 Å². The molecule has 104 valence electrons. The number of carbonyl (C=O) groups excluding carboxylic acids is 1. The van der Waals surface area contributed by atoms with Crippen LogP contribution in [0.2, 0.25) is 0 Å². The van der Waals surface area contributed by atoms with Gasteiger partial charge in [0.25, 0.3) is 0 Å². The molecule has 2 N–H and O–H groups in total. The second-order valence-electron chi connectivity index (χ2n) is 4.79. The van der Waals surface area contributed by atoms with Gasteiger partial charge in [0.1, 0.15) is 0 Å². The van der Waals surface area contributed by atoms with Gasteiger partial charge in [0.2, 0.25) is 5.91 Å². The molecule has 1 amide bonds. The summed E-state index contributed by atoms with van der Waals surface area (Å²) in [5, 5.41) is 6.27. The highest BCUT2D eigenvalue weighted by atomic mass is 16.5. The largest absolute Gasteiger partial charge is 0.377 e. The number of para-hydroxylation sites is 1. The molecule has 0 aromatic heterocycles. The van der Waals surface area contributed by atoms with Crippen molar-refractivity contribution in [1.29, 1.82) is 0 Å². The molecule has 1 saturated heterocycles. The minimum atomic E-state index is -0.0612. The van der Waals surface area contributed by atoms with Crippen molar-refractivity contribution in [3.05, 3.63) is 29.8 Å². The summed E-state index contributed by atoms with van der Waals surface area (Å²) in [7, 11) is 0. The minimum Gasteiger partial charge on any atom is -0.377 e. The molecule has 0 spiro atoms. The minimum absolute atomic E-state index is 0.0589. The summed E-state index contributed by atoms with van der Waals surface area (Å²) < 4.78 is 5.42. The Morgan fingerprint density at radius 3 is 3.00 bits per heavy atom. The first-order valence-electron chi connectivity index (χ1n) is 7.01. The van der Waals surface area contributed by atoms with Crippen molar-refractivity contribution in [2.24, 2.45) is 0 Å². The van der Waals surface area contributed by atoms with Gasteiger partial charge in [-0.1, -0.05) is 24.6 Å². The van der Waals surface area contributed by atoms with Gasteiger partial charge in [-0.2, -0.15) is 0 Å². The zero-order valence-corrected chi connectivity index (χ0v) is 11.4. The zero-order valence-electron chi connectivity index (χ0n) is 11.4. The van der Waals surface area contributed by atoms with E-state index in [1.54, 1.807) is 0 Å². The number of anilines is 1. The Hall–Kier alpha value is -1.39. The molecule has 1 aromatic carbocycles. The molecule has 0 radical (unpaired) electrons. The molecular formula is C15H22N2O2. The third kappa shape index (κ3) is 4.04. The van der Waals surface area contributed by atoms with Crippen molar-refractivity contribution < 1.29 is 9.53 Å². The lowest BCUT2D eigenvalue weighted by atomic mass is 10.0. The van der Waals surface area contributed by atoms with Crippen molar-refractivity contribution in [3.63, 3.8) is 0 Å². The highest BCUT2D eigenvalue weighted by molar-refractivity contribution is 5.95. The standard InChI is InChI=1S/C15H22N2O2/c1-2-19-11-12-7-3-4-8-13(12)17-15(18)14-9-5-6-10-16-14/h3-4,7-8,14,16H,2,5-6,9-11H2,1H3,(H,17,18). The zero-order chi connectivity index (χ0) is 13.5. The number of rotatable bonds is 5. The number of piperidine rings is 1. The van der Waals surface area contributed by atoms with Gasteiger partial charge < -0.3 is 15.4 Å². The van der Waals surface area contributed by atoms with Crippen molar-refractivity contribution in [3.8, 4) is 0 Å². The summed E-state index contributed by atoms with van der Waals surface area (Å²) in [5.41, 5.74) is 1.88. The van der Waals surface area contributed by atoms with Gasteiger partial charge in [-0.3, -0.25) is 4.79 Å². The molecular weight excluding hydrogens is 240 g/mol. The van der Waals surface area contributed by atoms with Gasteiger partial charge in [0, 0.05) is 17.9 Å². The average molecular weight is 262 g/mol. The Balaban J connectivity index is 1.99. The molecule has 1 aromatic rings. The summed E-state index contributed by atoms with van der Waals surface area (Å²) >= 11 is 0. The van der Waals surface area contributed by atoms with Crippen LogP contribution in [0.3, 0.4) is 0 Å². The molecule has 1 unspecified atom stereocenters. The topological polar surface area (TPSA) is 50.4 Å². The number of carbonyl (C=O) groups is 1. The van der Waals surface area contributed by atoms with Crippen LogP contribution in [0.1, 0.15) is 31.7 Å². The molecule has 1 fully saturated rings. The van der Waals surface area contributed by atoms with Crippen molar-refractivity contribution in [1.82, 2.24) is 5.32 Å². The lowest BCUT2D eigenvalue weighted by Crippen LogP contribution is -2.43. The van der Waals surface area contributed by atoms with E-state index >= 15 is 0 Å². The van der Waals surface area contributed by atoms with Crippen molar-refractivity contribution in [2.75, 3.05) is 18.5 Å². The molecule has 1 atom stereocenters. The second kappa shape index (κ2) is 7.26. The number of nitrogens with one attached hydrogen (secondary N) is 2. The maximum absolute atomic E-state index is 12.2. The van der Waals surface area contributed by atoms with Crippen LogP contribution in [-0.2, 0) is 16.1 Å². The maximum atomic E-state index is 12.2. The summed E-state index contributed by atoms with van der Waals surface area (Å²) in [6.45, 7) is 4.10. The molecule has 2 rings (SSSR count). The predicted molar refractivity (Wildman–Crippen MR) is 76.0 cm³/mol. The van der Waals surface area contributed by atoms with E-state index in [9.17, 15) is 4.79 Å². The SMILES string of the molecule is CCOCc1ccccc1NC(=O)C1CCCCN1. The number of ether oxygens (including phenoxy) is 1. The molecule has 1 aliphatic rings. The fourth-order valence-electron chi connectivity index (χ4n) is 2.28. The Kier molecular flexibility index (Phi) is 5.36. The van der Waals surface area contributed by atoms with Crippen LogP contribution in [0.5, 0.6) is 0 Å². The summed E-state index contributed by atoms with van der Waals surface area (Å²) in [6, 6.07) is 7.74. The van der Waals surface area contributed by atoms with Crippen molar-refractivity contribution in [2.45, 2.75) is 38.8 Å². The summed E-state index contributed by atoms with van der Waals surface area (Å²) in [6.07, 6.45) is 3.19. The molecule has 1 heterocycles. The van der Waals surface area contributed by atoms with Crippen LogP contribution in [0.4, 0.5) is 5.69 Å². The molecule has 0 aliphatic carbocycles. The van der Waals surface area contributed by atoms with E-state index in [1.807, 2.05) is 31.2 Å². The van der Waals surface area contributed by atoms with E-state index in [4.69, 9.17) is 4.74 Å². The Morgan fingerprint density at radius 1 is 1.42 bits per heavy atom. The fraction of sp³-hybridized carbons (Fsp3) is 0.533. The maximum Gasteiger partial charge on any atom is 0.241 e. The van der Waals surface area contributed by atoms with Gasteiger partial charge in [-0.05, 0) is 32.4 Å². The smallest absolute Gasteiger partial charge is 0.241 e. The monoisotopic (exact) mass is 262 g/mol. The predicted octanol–water partition coefficient (Wildman–Crippen LogP) is 2.30. The van der Waals surface area contributed by atoms with Crippen LogP contribution < -0.4 is 10.6 Å². The van der Waals surface area contributed by atoms with Gasteiger partial charge in [0.05, 0.1) is 12.6 Å². The molecule has 19 heavy (non-hydrogen) atoms. The van der Waals surface area contributed by atoms with E-state index in [0.29, 0.717) is 13.2 Å². The Bertz CT molecular complexity index is 414. The van der Waals surface area contributed by atoms with Crippen LogP contribution >= 0.6 is 0 Å². The number of hydrogen-bond acceptors (Lipinski definition) is 3. The van der Waals surface area contributed by atoms with E-state index in [1.165, 1.54) is 0 Å². The highest BCUT2D eigenvalue weighted by Crippen LogP contribution is 2.17. The third-order valence-electron chi connectivity index (χ3n) is 3.36. The van der Waals surface area contributed by atoms with Gasteiger partial charge in [-0.15, -0.1) is 0 Å². The summed E-state index contributed by atoms with van der Waals surface area (Å²) in [4.78, 5) is 12.2. The number of benzene rings is 1. The molecule has 0 saturated carbocycles. The molecule has 4 heteroatoms. The van der Waals surface area contributed by atoms with Crippen molar-refractivity contribution >= 4 is 11.6 Å². The van der Waals surface area contributed by atoms with Crippen LogP contribution in [0.25, 0.3) is 0 Å². The lowest BCUT2D eigenvalue weighted by Gasteiger charge is -2.23. The first kappa shape index (κ1) is 14.0. The number of amides is 1. The van der Waals surface area contributed by atoms with Gasteiger partial charge in [-0.25, -0.2) is 0 Å². The molecule has 0 bridgehead atoms. The van der Waals surface area contributed by atoms with Crippen LogP contribution in [0.15, 0.2) is 24.3 Å². The number of hydrogen-bond donors (Lipinski definition) is 2. The molecule has 1 aliphatic heterocycles. The van der Waals surface area contributed by atoms with Gasteiger partial charge in [0.15, 0.2) is 0 Å². The van der Waals surface area contributed by atoms with Gasteiger partial charge >= 0.3 is 0 Å².